The Morgan fingerprint density at radius 1 is 1.19 bits per heavy atom. The summed E-state index contributed by atoms with van der Waals surface area (Å²) in [5.74, 6) is -0.388. The van der Waals surface area contributed by atoms with E-state index in [1.807, 2.05) is 0 Å². The Bertz CT molecular complexity index is 1250. The van der Waals surface area contributed by atoms with Crippen molar-refractivity contribution in [2.45, 2.75) is 32.0 Å². The van der Waals surface area contributed by atoms with E-state index in [4.69, 9.17) is 9.84 Å². The third-order valence-electron chi connectivity index (χ3n) is 5.25. The van der Waals surface area contributed by atoms with Gasteiger partial charge in [-0.2, -0.15) is 17.5 Å². The summed E-state index contributed by atoms with van der Waals surface area (Å²) in [6.45, 7) is 2.36. The number of ether oxygens (including phenoxy) is 1. The summed E-state index contributed by atoms with van der Waals surface area (Å²) in [5.41, 5.74) is -0.283. The second kappa shape index (κ2) is 10.3. The summed E-state index contributed by atoms with van der Waals surface area (Å²) in [5, 5.41) is 14.6. The molecule has 1 aliphatic heterocycles. The molecule has 0 atom stereocenters. The number of nitrogens with zero attached hydrogens (tertiary/aromatic N) is 5. The molecule has 2 amide bonds. The number of carboxylic acid groups (broad SMARTS) is 1. The van der Waals surface area contributed by atoms with Crippen LogP contribution in [0.3, 0.4) is 0 Å². The van der Waals surface area contributed by atoms with Gasteiger partial charge in [-0.15, -0.1) is 0 Å². The van der Waals surface area contributed by atoms with Gasteiger partial charge in [0, 0.05) is 32.0 Å². The topological polar surface area (TPSA) is 142 Å². The van der Waals surface area contributed by atoms with E-state index in [1.54, 1.807) is 19.1 Å². The normalized spacial score (nSPS) is 14.4. The molecular weight excluding hydrogens is 503 g/mol. The second-order valence-electron chi connectivity index (χ2n) is 7.81. The average Bonchev–Trinajstić information content (AvgIpc) is 3.20. The Hall–Kier alpha value is -4.01. The lowest BCUT2D eigenvalue weighted by molar-refractivity contribution is -0.141. The molecule has 1 aliphatic rings. The van der Waals surface area contributed by atoms with Crippen molar-refractivity contribution >= 4 is 40.0 Å². The van der Waals surface area contributed by atoms with E-state index in [0.717, 1.165) is 17.7 Å². The summed E-state index contributed by atoms with van der Waals surface area (Å²) in [6.07, 6.45) is -1.57. The lowest BCUT2D eigenvalue weighted by Crippen LogP contribution is -2.41. The second-order valence-corrected chi connectivity index (χ2v) is 8.58. The predicted octanol–water partition coefficient (Wildman–Crippen LogP) is 4.17. The van der Waals surface area contributed by atoms with Gasteiger partial charge in [0.25, 0.3) is 5.91 Å². The summed E-state index contributed by atoms with van der Waals surface area (Å²) >= 11 is 0.900. The van der Waals surface area contributed by atoms with Gasteiger partial charge in [-0.25, -0.2) is 14.8 Å². The molecule has 3 aromatic heterocycles. The zero-order valence-electron chi connectivity index (χ0n) is 18.7. The number of aromatic nitrogens is 4. The molecular formula is C21H20F3N7O4S. The number of hydrogen-bond acceptors (Lipinski definition) is 9. The maximum absolute atomic E-state index is 12.9. The molecule has 0 aliphatic carbocycles. The molecule has 4 rings (SSSR count). The quantitative estimate of drug-likeness (QED) is 0.434. The molecule has 1 fully saturated rings. The van der Waals surface area contributed by atoms with Crippen LogP contribution < -0.4 is 15.4 Å². The number of carbonyl (C=O) groups excluding carboxylic acids is 1. The minimum Gasteiger partial charge on any atom is -0.474 e. The van der Waals surface area contributed by atoms with E-state index in [-0.39, 0.29) is 22.5 Å². The van der Waals surface area contributed by atoms with Crippen molar-refractivity contribution in [3.63, 3.8) is 0 Å². The Labute approximate surface area is 206 Å². The molecule has 0 saturated carbocycles. The van der Waals surface area contributed by atoms with Crippen LogP contribution in [-0.4, -0.2) is 60.5 Å². The Kier molecular flexibility index (Phi) is 7.19. The fraction of sp³-hybridized carbons (Fsp3) is 0.333. The predicted molar refractivity (Wildman–Crippen MR) is 123 cm³/mol. The molecule has 190 valence electrons. The number of amides is 2. The van der Waals surface area contributed by atoms with E-state index in [0.29, 0.717) is 49.4 Å². The van der Waals surface area contributed by atoms with Crippen LogP contribution in [0, 0.1) is 6.92 Å². The Balaban J connectivity index is 1.39. The lowest BCUT2D eigenvalue weighted by Gasteiger charge is -2.29. The van der Waals surface area contributed by atoms with Crippen LogP contribution in [0.25, 0.3) is 0 Å². The van der Waals surface area contributed by atoms with Gasteiger partial charge in [-0.1, -0.05) is 0 Å². The van der Waals surface area contributed by atoms with Crippen molar-refractivity contribution in [3.05, 3.63) is 47.7 Å². The first-order valence-corrected chi connectivity index (χ1v) is 11.4. The van der Waals surface area contributed by atoms with Crippen molar-refractivity contribution in [1.82, 2.24) is 24.2 Å². The number of hydrogen-bond donors (Lipinski definition) is 3. The van der Waals surface area contributed by atoms with Crippen LogP contribution in [0.15, 0.2) is 30.7 Å². The number of piperidine rings is 1. The first-order chi connectivity index (χ1) is 17.1. The third-order valence-corrected chi connectivity index (χ3v) is 6.10. The SMILES string of the molecule is Cc1nsc(Nc2cncc(C(F)(F)F)n2)c1C(=O)Nc1ccc(OC2CCN(C(=O)O)CC2)nc1. The van der Waals surface area contributed by atoms with Gasteiger partial charge in [0.05, 0.1) is 35.5 Å². The van der Waals surface area contributed by atoms with Crippen molar-refractivity contribution < 1.29 is 32.6 Å². The lowest BCUT2D eigenvalue weighted by atomic mass is 10.1. The number of anilines is 3. The molecule has 3 N–H and O–H groups in total. The standard InChI is InChI=1S/C21H20F3N7O4S/c1-11-17(19(36-30-11)29-15-10-25-9-14(28-15)21(22,23)24)18(32)27-12-2-3-16(26-8-12)35-13-4-6-31(7-5-13)20(33)34/h2-3,8-10,13H,4-7H2,1H3,(H,27,32)(H,28,29)(H,33,34). The van der Waals surface area contributed by atoms with Crippen molar-refractivity contribution in [2.24, 2.45) is 0 Å². The van der Waals surface area contributed by atoms with Gasteiger partial charge < -0.3 is 25.4 Å². The van der Waals surface area contributed by atoms with E-state index >= 15 is 0 Å². The minimum atomic E-state index is -4.66. The summed E-state index contributed by atoms with van der Waals surface area (Å²) in [7, 11) is 0. The molecule has 36 heavy (non-hydrogen) atoms. The largest absolute Gasteiger partial charge is 0.474 e. The van der Waals surface area contributed by atoms with Crippen LogP contribution in [0.2, 0.25) is 0 Å². The van der Waals surface area contributed by atoms with Gasteiger partial charge in [-0.3, -0.25) is 9.78 Å². The molecule has 0 bridgehead atoms. The zero-order valence-corrected chi connectivity index (χ0v) is 19.6. The van der Waals surface area contributed by atoms with Crippen LogP contribution in [0.4, 0.5) is 34.5 Å². The van der Waals surface area contributed by atoms with Crippen molar-refractivity contribution in [3.8, 4) is 5.88 Å². The highest BCUT2D eigenvalue weighted by atomic mass is 32.1. The fourth-order valence-electron chi connectivity index (χ4n) is 3.45. The van der Waals surface area contributed by atoms with Crippen LogP contribution >= 0.6 is 11.5 Å². The first-order valence-electron chi connectivity index (χ1n) is 10.6. The van der Waals surface area contributed by atoms with Crippen LogP contribution in [0.5, 0.6) is 5.88 Å². The van der Waals surface area contributed by atoms with Crippen LogP contribution in [-0.2, 0) is 6.18 Å². The molecule has 0 radical (unpaired) electrons. The van der Waals surface area contributed by atoms with Gasteiger partial charge in [-0.05, 0) is 24.5 Å². The number of halogens is 3. The maximum Gasteiger partial charge on any atom is 0.434 e. The minimum absolute atomic E-state index is 0.143. The van der Waals surface area contributed by atoms with Gasteiger partial charge in [0.15, 0.2) is 5.69 Å². The van der Waals surface area contributed by atoms with E-state index in [9.17, 15) is 22.8 Å². The van der Waals surface area contributed by atoms with E-state index in [1.165, 1.54) is 11.1 Å². The molecule has 11 nitrogen and oxygen atoms in total. The van der Waals surface area contributed by atoms with E-state index in [2.05, 4.69) is 30.0 Å². The number of alkyl halides is 3. The molecule has 15 heteroatoms. The number of aryl methyl sites for hydroxylation is 1. The van der Waals surface area contributed by atoms with Crippen molar-refractivity contribution in [1.29, 1.82) is 0 Å². The number of carbonyl (C=O) groups is 2. The van der Waals surface area contributed by atoms with Crippen LogP contribution in [0.1, 0.15) is 34.6 Å². The summed E-state index contributed by atoms with van der Waals surface area (Å²) in [6, 6.07) is 3.17. The number of likely N-dealkylation sites (tertiary alicyclic amines) is 1. The zero-order chi connectivity index (χ0) is 25.9. The smallest absolute Gasteiger partial charge is 0.434 e. The number of rotatable bonds is 6. The summed E-state index contributed by atoms with van der Waals surface area (Å²) < 4.78 is 48.7. The molecule has 4 heterocycles. The molecule has 0 aromatic carbocycles. The molecule has 0 unspecified atom stereocenters. The average molecular weight is 523 g/mol. The van der Waals surface area contributed by atoms with E-state index < -0.39 is 23.9 Å². The van der Waals surface area contributed by atoms with Gasteiger partial charge in [0.2, 0.25) is 5.88 Å². The van der Waals surface area contributed by atoms with Gasteiger partial charge >= 0.3 is 12.3 Å². The first kappa shape index (κ1) is 25.1. The Morgan fingerprint density at radius 3 is 2.58 bits per heavy atom. The monoisotopic (exact) mass is 523 g/mol. The Morgan fingerprint density at radius 2 is 1.94 bits per heavy atom. The molecule has 1 saturated heterocycles. The highest BCUT2D eigenvalue weighted by Gasteiger charge is 2.33. The van der Waals surface area contributed by atoms with Crippen molar-refractivity contribution in [2.75, 3.05) is 23.7 Å². The number of nitrogens with one attached hydrogen (secondary N) is 2. The summed E-state index contributed by atoms with van der Waals surface area (Å²) in [4.78, 5) is 36.5. The third kappa shape index (κ3) is 5.97. The van der Waals surface area contributed by atoms with Gasteiger partial charge in [0.1, 0.15) is 16.9 Å². The number of pyridine rings is 1. The molecule has 3 aromatic rings. The molecule has 0 spiro atoms. The maximum atomic E-state index is 12.9. The highest BCUT2D eigenvalue weighted by Crippen LogP contribution is 2.31. The highest BCUT2D eigenvalue weighted by molar-refractivity contribution is 7.10. The fourth-order valence-corrected chi connectivity index (χ4v) is 4.26.